The van der Waals surface area contributed by atoms with Gasteiger partial charge in [-0.15, -0.1) is 0 Å². The molecule has 0 aliphatic carbocycles. The Morgan fingerprint density at radius 3 is 2.58 bits per heavy atom. The lowest BCUT2D eigenvalue weighted by atomic mass is 10.1. The van der Waals surface area contributed by atoms with E-state index in [1.165, 1.54) is 48.0 Å². The Morgan fingerprint density at radius 1 is 1.23 bits per heavy atom. The highest BCUT2D eigenvalue weighted by atomic mass is 32.2. The first-order chi connectivity index (χ1) is 18.7. The van der Waals surface area contributed by atoms with Crippen molar-refractivity contribution in [2.24, 2.45) is 0 Å². The number of rotatable bonds is 4. The number of alkyl halides is 3. The Balaban J connectivity index is 1.80. The molecule has 0 saturated carbocycles. The predicted molar refractivity (Wildman–Crippen MR) is 144 cm³/mol. The third-order valence-corrected chi connectivity index (χ3v) is 6.83. The van der Waals surface area contributed by atoms with E-state index in [9.17, 15) is 28.0 Å². The normalized spacial score (nSPS) is 16.2. The van der Waals surface area contributed by atoms with Crippen molar-refractivity contribution >= 4 is 34.6 Å². The Labute approximate surface area is 232 Å². The number of benzene rings is 1. The molecule has 1 saturated heterocycles. The fraction of sp³-hybridized carbons (Fsp3) is 0.462. The zero-order valence-corrected chi connectivity index (χ0v) is 23.4. The molecular weight excluding hydrogens is 547 g/mol. The van der Waals surface area contributed by atoms with Crippen LogP contribution in [0.4, 0.5) is 23.8 Å². The molecule has 4 rings (SSSR count). The van der Waals surface area contributed by atoms with Crippen LogP contribution in [0.5, 0.6) is 0 Å². The van der Waals surface area contributed by atoms with Gasteiger partial charge in [-0.25, -0.2) is 14.8 Å². The van der Waals surface area contributed by atoms with E-state index in [1.54, 1.807) is 27.0 Å². The van der Waals surface area contributed by atoms with Gasteiger partial charge < -0.3 is 14.5 Å². The van der Waals surface area contributed by atoms with Gasteiger partial charge >= 0.3 is 12.3 Å². The van der Waals surface area contributed by atoms with Gasteiger partial charge in [0.2, 0.25) is 0 Å². The quantitative estimate of drug-likeness (QED) is 0.326. The molecule has 0 bridgehead atoms. The molecule has 0 spiro atoms. The molecule has 10 nitrogen and oxygen atoms in total. The van der Waals surface area contributed by atoms with Gasteiger partial charge in [0.15, 0.2) is 5.16 Å². The molecule has 1 aliphatic rings. The van der Waals surface area contributed by atoms with Gasteiger partial charge in [0.05, 0.1) is 41.4 Å². The third-order valence-electron chi connectivity index (χ3n) is 6.28. The van der Waals surface area contributed by atoms with Crippen molar-refractivity contribution in [1.29, 1.82) is 5.26 Å². The maximum Gasteiger partial charge on any atom is 0.418 e. The number of thioether (sulfide) groups is 1. The number of nitrogens with zero attached hydrogens (tertiary/aromatic N) is 7. The van der Waals surface area contributed by atoms with Gasteiger partial charge in [0, 0.05) is 19.6 Å². The number of fused-ring (bicyclic) bond motifs is 1. The summed E-state index contributed by atoms with van der Waals surface area (Å²) < 4.78 is 47.9. The lowest BCUT2D eigenvalue weighted by Crippen LogP contribution is -2.56. The molecule has 2 aromatic heterocycles. The molecule has 1 aromatic carbocycles. The van der Waals surface area contributed by atoms with E-state index in [0.29, 0.717) is 17.0 Å². The van der Waals surface area contributed by atoms with Gasteiger partial charge in [0.1, 0.15) is 16.9 Å². The second kappa shape index (κ2) is 11.0. The molecule has 1 unspecified atom stereocenters. The Hall–Kier alpha value is -3.86. The van der Waals surface area contributed by atoms with E-state index in [-0.39, 0.29) is 41.1 Å². The van der Waals surface area contributed by atoms with Crippen LogP contribution in [0, 0.1) is 18.3 Å². The molecule has 1 fully saturated rings. The summed E-state index contributed by atoms with van der Waals surface area (Å²) in [6, 6.07) is 5.52. The Bertz CT molecular complexity index is 1550. The van der Waals surface area contributed by atoms with Crippen LogP contribution in [-0.4, -0.2) is 68.3 Å². The summed E-state index contributed by atoms with van der Waals surface area (Å²) >= 11 is 1.17. The van der Waals surface area contributed by atoms with Crippen molar-refractivity contribution in [2.45, 2.75) is 57.1 Å². The smallest absolute Gasteiger partial charge is 0.418 e. The fourth-order valence-electron chi connectivity index (χ4n) is 4.58. The van der Waals surface area contributed by atoms with Crippen molar-refractivity contribution in [3.05, 3.63) is 45.9 Å². The number of aromatic nitrogens is 4. The number of hydrogen-bond donors (Lipinski definition) is 0. The van der Waals surface area contributed by atoms with Crippen LogP contribution < -0.4 is 10.5 Å². The first kappa shape index (κ1) is 29.1. The second-order valence-corrected chi connectivity index (χ2v) is 11.0. The van der Waals surface area contributed by atoms with Gasteiger partial charge in [-0.1, -0.05) is 23.9 Å². The topological polar surface area (TPSA) is 117 Å². The number of hydrogen-bond acceptors (Lipinski definition) is 9. The van der Waals surface area contributed by atoms with Crippen LogP contribution in [0.15, 0.2) is 34.3 Å². The fourth-order valence-corrected chi connectivity index (χ4v) is 4.94. The molecule has 40 heavy (non-hydrogen) atoms. The average molecular weight is 576 g/mol. The predicted octanol–water partition coefficient (Wildman–Crippen LogP) is 4.56. The molecule has 1 atom stereocenters. The highest BCUT2D eigenvalue weighted by molar-refractivity contribution is 7.98. The summed E-state index contributed by atoms with van der Waals surface area (Å²) in [5.41, 5.74) is -3.03. The number of anilines is 1. The monoisotopic (exact) mass is 575 g/mol. The summed E-state index contributed by atoms with van der Waals surface area (Å²) in [6.07, 6.45) is -2.22. The Morgan fingerprint density at radius 2 is 1.95 bits per heavy atom. The van der Waals surface area contributed by atoms with Crippen LogP contribution in [0.1, 0.15) is 38.3 Å². The van der Waals surface area contributed by atoms with Gasteiger partial charge in [-0.2, -0.15) is 28.2 Å². The van der Waals surface area contributed by atoms with Crippen LogP contribution in [0.2, 0.25) is 0 Å². The first-order valence-electron chi connectivity index (χ1n) is 12.4. The lowest BCUT2D eigenvalue weighted by Gasteiger charge is -2.41. The van der Waals surface area contributed by atoms with Crippen molar-refractivity contribution in [3.8, 4) is 11.8 Å². The number of aryl methyl sites for hydroxylation is 1. The van der Waals surface area contributed by atoms with Crippen molar-refractivity contribution in [2.75, 3.05) is 30.8 Å². The maximum atomic E-state index is 13.9. The Kier molecular flexibility index (Phi) is 7.98. The largest absolute Gasteiger partial charge is 0.444 e. The van der Waals surface area contributed by atoms with E-state index in [2.05, 4.69) is 21.1 Å². The summed E-state index contributed by atoms with van der Waals surface area (Å²) in [5.74, 6) is 0.346. The third kappa shape index (κ3) is 5.84. The van der Waals surface area contributed by atoms with Crippen LogP contribution in [-0.2, 0) is 10.9 Å². The van der Waals surface area contributed by atoms with Crippen LogP contribution in [0.3, 0.4) is 0 Å². The van der Waals surface area contributed by atoms with E-state index in [1.807, 2.05) is 4.90 Å². The highest BCUT2D eigenvalue weighted by Gasteiger charge is 2.37. The minimum Gasteiger partial charge on any atom is -0.444 e. The second-order valence-electron chi connectivity index (χ2n) is 10.3. The first-order valence-corrected chi connectivity index (χ1v) is 13.6. The standard InChI is InChI=1S/C26H28F3N7O3S/c1-15-7-6-8-18(19(15)26(27,28)29)36-22(37)20-17(13-31-36)21(33-23(32-20)40-5)34-11-12-35(16(14-34)9-10-30)24(38)39-25(2,3)4/h6-8,13,16H,9,11-12,14H2,1-5H3. The molecule has 0 N–H and O–H groups in total. The molecule has 3 heterocycles. The van der Waals surface area contributed by atoms with Gasteiger partial charge in [-0.3, -0.25) is 4.79 Å². The average Bonchev–Trinajstić information content (AvgIpc) is 2.86. The molecule has 1 amide bonds. The summed E-state index contributed by atoms with van der Waals surface area (Å²) in [4.78, 5) is 38.6. The summed E-state index contributed by atoms with van der Waals surface area (Å²) in [7, 11) is 0. The number of carbonyl (C=O) groups excluding carboxylic acids is 1. The zero-order chi connectivity index (χ0) is 29.4. The number of carbonyl (C=O) groups is 1. The SMILES string of the molecule is CSc1nc(N2CCN(C(=O)OC(C)(C)C)C(CC#N)C2)c2cnn(-c3cccc(C)c3C(F)(F)F)c(=O)c2n1. The van der Waals surface area contributed by atoms with E-state index in [4.69, 9.17) is 4.74 Å². The minimum absolute atomic E-state index is 0.0345. The molecule has 3 aromatic rings. The van der Waals surface area contributed by atoms with E-state index < -0.39 is 40.7 Å². The molecule has 1 aliphatic heterocycles. The summed E-state index contributed by atoms with van der Waals surface area (Å²) in [5, 5.41) is 14.0. The van der Waals surface area contributed by atoms with Gasteiger partial charge in [-0.05, 0) is 45.6 Å². The summed E-state index contributed by atoms with van der Waals surface area (Å²) in [6.45, 7) is 7.33. The van der Waals surface area contributed by atoms with Crippen LogP contribution >= 0.6 is 11.8 Å². The number of ether oxygens (including phenoxy) is 1. The minimum atomic E-state index is -4.71. The number of amides is 1. The molecule has 14 heteroatoms. The van der Waals surface area contributed by atoms with Crippen molar-refractivity contribution in [1.82, 2.24) is 24.6 Å². The highest BCUT2D eigenvalue weighted by Crippen LogP contribution is 2.36. The van der Waals surface area contributed by atoms with Gasteiger partial charge in [0.25, 0.3) is 5.56 Å². The molecular formula is C26H28F3N7O3S. The van der Waals surface area contributed by atoms with E-state index in [0.717, 1.165) is 0 Å². The van der Waals surface area contributed by atoms with Crippen LogP contribution in [0.25, 0.3) is 16.6 Å². The number of nitriles is 1. The molecule has 0 radical (unpaired) electrons. The number of halogens is 3. The lowest BCUT2D eigenvalue weighted by molar-refractivity contribution is -0.138. The van der Waals surface area contributed by atoms with Crippen molar-refractivity contribution in [3.63, 3.8) is 0 Å². The number of piperazine rings is 1. The molecule has 212 valence electrons. The van der Waals surface area contributed by atoms with E-state index >= 15 is 0 Å². The maximum absolute atomic E-state index is 13.9. The van der Waals surface area contributed by atoms with Crippen molar-refractivity contribution < 1.29 is 22.7 Å². The zero-order valence-electron chi connectivity index (χ0n) is 22.6.